The minimum Gasteiger partial charge on any atom is -0.339 e. The van der Waals surface area contributed by atoms with Crippen molar-refractivity contribution in [2.75, 3.05) is 10.6 Å². The number of rotatable bonds is 4. The number of para-hydroxylation sites is 1. The zero-order valence-electron chi connectivity index (χ0n) is 13.5. The van der Waals surface area contributed by atoms with E-state index in [9.17, 15) is 4.79 Å². The van der Waals surface area contributed by atoms with E-state index in [1.165, 1.54) is 0 Å². The van der Waals surface area contributed by atoms with E-state index in [-0.39, 0.29) is 6.03 Å². The third-order valence-corrected chi connectivity index (χ3v) is 3.49. The van der Waals surface area contributed by atoms with Gasteiger partial charge in [0, 0.05) is 11.4 Å². The van der Waals surface area contributed by atoms with Crippen LogP contribution >= 0.6 is 0 Å². The second-order valence-corrected chi connectivity index (χ2v) is 5.51. The van der Waals surface area contributed by atoms with Crippen molar-refractivity contribution in [1.29, 1.82) is 0 Å². The third kappa shape index (κ3) is 3.98. The Bertz CT molecular complexity index is 840. The van der Waals surface area contributed by atoms with Gasteiger partial charge in [0.2, 0.25) is 5.89 Å². The number of aromatic nitrogens is 2. The number of carbonyl (C=O) groups is 1. The minimum atomic E-state index is -0.298. The fourth-order valence-corrected chi connectivity index (χ4v) is 2.29. The lowest BCUT2D eigenvalue weighted by Crippen LogP contribution is -2.20. The standard InChI is InChI=1S/C18H18N4O2/c1-12-7-9-15(10-8-12)20-18(23)21-16-6-4-3-5-14(16)11-17-19-13(2)22-24-17/h3-10H,11H2,1-2H3,(H2,20,21,23). The molecule has 6 nitrogen and oxygen atoms in total. The molecule has 0 saturated carbocycles. The summed E-state index contributed by atoms with van der Waals surface area (Å²) in [6.07, 6.45) is 0.460. The zero-order valence-corrected chi connectivity index (χ0v) is 13.5. The summed E-state index contributed by atoms with van der Waals surface area (Å²) in [5.41, 5.74) is 3.49. The predicted molar refractivity (Wildman–Crippen MR) is 92.1 cm³/mol. The molecule has 122 valence electrons. The van der Waals surface area contributed by atoms with Crippen LogP contribution < -0.4 is 10.6 Å². The largest absolute Gasteiger partial charge is 0.339 e. The van der Waals surface area contributed by atoms with Crippen LogP contribution in [0.25, 0.3) is 0 Å². The Hall–Kier alpha value is -3.15. The molecule has 24 heavy (non-hydrogen) atoms. The van der Waals surface area contributed by atoms with Crippen LogP contribution in [0.2, 0.25) is 0 Å². The molecule has 0 aliphatic heterocycles. The molecule has 2 amide bonds. The van der Waals surface area contributed by atoms with Crippen LogP contribution in [0.15, 0.2) is 53.1 Å². The summed E-state index contributed by atoms with van der Waals surface area (Å²) in [6.45, 7) is 3.77. The molecule has 0 aliphatic rings. The molecule has 2 aromatic carbocycles. The number of nitrogens with zero attached hydrogens (tertiary/aromatic N) is 2. The molecule has 0 saturated heterocycles. The lowest BCUT2D eigenvalue weighted by molar-refractivity contribution is 0.262. The molecule has 6 heteroatoms. The Balaban J connectivity index is 1.70. The highest BCUT2D eigenvalue weighted by Gasteiger charge is 2.10. The number of benzene rings is 2. The third-order valence-electron chi connectivity index (χ3n) is 3.49. The second-order valence-electron chi connectivity index (χ2n) is 5.51. The summed E-state index contributed by atoms with van der Waals surface area (Å²) in [5, 5.41) is 9.45. The van der Waals surface area contributed by atoms with E-state index in [1.54, 1.807) is 6.92 Å². The summed E-state index contributed by atoms with van der Waals surface area (Å²) >= 11 is 0. The highest BCUT2D eigenvalue weighted by molar-refractivity contribution is 6.00. The lowest BCUT2D eigenvalue weighted by Gasteiger charge is -2.11. The zero-order chi connectivity index (χ0) is 16.9. The van der Waals surface area contributed by atoms with Gasteiger partial charge in [-0.1, -0.05) is 41.1 Å². The molecule has 3 aromatic rings. The van der Waals surface area contributed by atoms with Crippen LogP contribution in [0.1, 0.15) is 22.8 Å². The first-order valence-corrected chi connectivity index (χ1v) is 7.62. The smallest absolute Gasteiger partial charge is 0.323 e. The quantitative estimate of drug-likeness (QED) is 0.763. The number of anilines is 2. The van der Waals surface area contributed by atoms with Crippen molar-refractivity contribution in [1.82, 2.24) is 10.1 Å². The van der Waals surface area contributed by atoms with Gasteiger partial charge < -0.3 is 15.2 Å². The van der Waals surface area contributed by atoms with Gasteiger partial charge in [-0.15, -0.1) is 0 Å². The van der Waals surface area contributed by atoms with Crippen LogP contribution in [-0.4, -0.2) is 16.2 Å². The molecule has 0 atom stereocenters. The first kappa shape index (κ1) is 15.7. The normalized spacial score (nSPS) is 10.4. The Kier molecular flexibility index (Phi) is 4.56. The highest BCUT2D eigenvalue weighted by Crippen LogP contribution is 2.19. The van der Waals surface area contributed by atoms with Crippen molar-refractivity contribution >= 4 is 17.4 Å². The number of aryl methyl sites for hydroxylation is 2. The number of amides is 2. The topological polar surface area (TPSA) is 80.0 Å². The Morgan fingerprint density at radius 1 is 1.04 bits per heavy atom. The molecule has 0 bridgehead atoms. The number of nitrogens with one attached hydrogen (secondary N) is 2. The number of hydrogen-bond acceptors (Lipinski definition) is 4. The van der Waals surface area contributed by atoms with Crippen LogP contribution in [0.4, 0.5) is 16.2 Å². The van der Waals surface area contributed by atoms with Crippen molar-refractivity contribution < 1.29 is 9.32 Å². The molecular weight excluding hydrogens is 304 g/mol. The van der Waals surface area contributed by atoms with E-state index in [2.05, 4.69) is 20.8 Å². The van der Waals surface area contributed by atoms with Gasteiger partial charge in [-0.2, -0.15) is 4.98 Å². The van der Waals surface area contributed by atoms with Gasteiger partial charge in [0.25, 0.3) is 0 Å². The first-order chi connectivity index (χ1) is 11.6. The summed E-state index contributed by atoms with van der Waals surface area (Å²) in [4.78, 5) is 16.4. The summed E-state index contributed by atoms with van der Waals surface area (Å²) in [6, 6.07) is 14.8. The number of hydrogen-bond donors (Lipinski definition) is 2. The van der Waals surface area contributed by atoms with Crippen LogP contribution in [-0.2, 0) is 6.42 Å². The fraction of sp³-hybridized carbons (Fsp3) is 0.167. The number of carbonyl (C=O) groups excluding carboxylic acids is 1. The Morgan fingerprint density at radius 3 is 2.50 bits per heavy atom. The van der Waals surface area contributed by atoms with Crippen LogP contribution in [0, 0.1) is 13.8 Å². The molecule has 0 radical (unpaired) electrons. The first-order valence-electron chi connectivity index (χ1n) is 7.62. The van der Waals surface area contributed by atoms with E-state index < -0.39 is 0 Å². The highest BCUT2D eigenvalue weighted by atomic mass is 16.5. The maximum Gasteiger partial charge on any atom is 0.323 e. The van der Waals surface area contributed by atoms with E-state index >= 15 is 0 Å². The van der Waals surface area contributed by atoms with Gasteiger partial charge in [0.1, 0.15) is 0 Å². The van der Waals surface area contributed by atoms with E-state index in [1.807, 2.05) is 55.5 Å². The maximum absolute atomic E-state index is 12.2. The van der Waals surface area contributed by atoms with Gasteiger partial charge in [-0.05, 0) is 37.6 Å². The number of urea groups is 1. The van der Waals surface area contributed by atoms with Gasteiger partial charge in [-0.3, -0.25) is 0 Å². The van der Waals surface area contributed by atoms with Gasteiger partial charge in [0.05, 0.1) is 6.42 Å². The average molecular weight is 322 g/mol. The Labute approximate surface area is 139 Å². The van der Waals surface area contributed by atoms with Crippen molar-refractivity contribution in [3.8, 4) is 0 Å². The molecule has 1 heterocycles. The molecule has 0 aliphatic carbocycles. The summed E-state index contributed by atoms with van der Waals surface area (Å²) < 4.78 is 5.15. The van der Waals surface area contributed by atoms with E-state index in [0.29, 0.717) is 23.8 Å². The van der Waals surface area contributed by atoms with Crippen molar-refractivity contribution in [3.63, 3.8) is 0 Å². The molecule has 0 unspecified atom stereocenters. The maximum atomic E-state index is 12.2. The van der Waals surface area contributed by atoms with Crippen molar-refractivity contribution in [3.05, 3.63) is 71.4 Å². The molecule has 1 aromatic heterocycles. The Morgan fingerprint density at radius 2 is 1.79 bits per heavy atom. The molecule has 0 fully saturated rings. The SMILES string of the molecule is Cc1ccc(NC(=O)Nc2ccccc2Cc2nc(C)no2)cc1. The lowest BCUT2D eigenvalue weighted by atomic mass is 10.1. The monoisotopic (exact) mass is 322 g/mol. The second kappa shape index (κ2) is 6.95. The van der Waals surface area contributed by atoms with Crippen LogP contribution in [0.3, 0.4) is 0 Å². The fourth-order valence-electron chi connectivity index (χ4n) is 2.29. The minimum absolute atomic E-state index is 0.298. The van der Waals surface area contributed by atoms with E-state index in [4.69, 9.17) is 4.52 Å². The molecule has 3 rings (SSSR count). The molecular formula is C18H18N4O2. The van der Waals surface area contributed by atoms with Crippen molar-refractivity contribution in [2.45, 2.75) is 20.3 Å². The molecule has 0 spiro atoms. The van der Waals surface area contributed by atoms with Gasteiger partial charge in [0.15, 0.2) is 5.82 Å². The summed E-state index contributed by atoms with van der Waals surface area (Å²) in [7, 11) is 0. The average Bonchev–Trinajstić information content (AvgIpc) is 2.97. The van der Waals surface area contributed by atoms with Crippen molar-refractivity contribution in [2.24, 2.45) is 0 Å². The van der Waals surface area contributed by atoms with Gasteiger partial charge in [-0.25, -0.2) is 4.79 Å². The van der Waals surface area contributed by atoms with E-state index in [0.717, 1.165) is 16.8 Å². The van der Waals surface area contributed by atoms with Crippen LogP contribution in [0.5, 0.6) is 0 Å². The predicted octanol–water partition coefficient (Wildman–Crippen LogP) is 3.92. The molecule has 2 N–H and O–H groups in total. The summed E-state index contributed by atoms with van der Waals surface area (Å²) in [5.74, 6) is 1.10. The van der Waals surface area contributed by atoms with Gasteiger partial charge >= 0.3 is 6.03 Å².